The van der Waals surface area contributed by atoms with Crippen LogP contribution in [0.3, 0.4) is 0 Å². The fourth-order valence-corrected chi connectivity index (χ4v) is 3.52. The van der Waals surface area contributed by atoms with Crippen molar-refractivity contribution in [1.82, 2.24) is 5.32 Å². The van der Waals surface area contributed by atoms with Gasteiger partial charge in [0.1, 0.15) is 4.21 Å². The molecule has 0 saturated carbocycles. The summed E-state index contributed by atoms with van der Waals surface area (Å²) >= 11 is 0.977. The minimum Gasteiger partial charge on any atom is -0.351 e. The zero-order valence-corrected chi connectivity index (χ0v) is 14.1. The molecule has 0 saturated heterocycles. The van der Waals surface area contributed by atoms with Gasteiger partial charge in [0.2, 0.25) is 10.0 Å². The Kier molecular flexibility index (Phi) is 4.99. The molecule has 20 heavy (non-hydrogen) atoms. The molecular weight excluding hydrogens is 296 g/mol. The van der Waals surface area contributed by atoms with Crippen molar-refractivity contribution in [3.8, 4) is 0 Å². The maximum absolute atomic E-state index is 12.1. The molecule has 0 fully saturated rings. The molecule has 0 aromatic carbocycles. The molecule has 1 aromatic rings. The van der Waals surface area contributed by atoms with Gasteiger partial charge in [-0.1, -0.05) is 27.7 Å². The van der Waals surface area contributed by atoms with Gasteiger partial charge in [-0.15, -0.1) is 11.3 Å². The molecule has 114 valence electrons. The summed E-state index contributed by atoms with van der Waals surface area (Å²) in [7, 11) is -3.76. The Labute approximate surface area is 124 Å². The third-order valence-corrected chi connectivity index (χ3v) is 6.45. The molecule has 1 rings (SSSR count). The van der Waals surface area contributed by atoms with Crippen LogP contribution < -0.4 is 10.5 Å². The van der Waals surface area contributed by atoms with Crippen LogP contribution in [0.2, 0.25) is 0 Å². The Bertz CT molecular complexity index is 601. The number of sulfonamides is 1. The maximum atomic E-state index is 12.1. The van der Waals surface area contributed by atoms with E-state index in [1.165, 1.54) is 5.38 Å². The first kappa shape index (κ1) is 17.1. The molecular formula is C13H22N2O3S2. The molecule has 0 bridgehead atoms. The smallest absolute Gasteiger partial charge is 0.252 e. The van der Waals surface area contributed by atoms with Crippen LogP contribution in [0.1, 0.15) is 43.6 Å². The molecule has 0 spiro atoms. The van der Waals surface area contributed by atoms with E-state index in [0.29, 0.717) is 23.6 Å². The number of nitrogens with one attached hydrogen (secondary N) is 1. The molecule has 0 atom stereocenters. The second-order valence-electron chi connectivity index (χ2n) is 5.93. The number of nitrogens with two attached hydrogens (primary N) is 1. The quantitative estimate of drug-likeness (QED) is 0.871. The highest BCUT2D eigenvalue weighted by Gasteiger charge is 2.25. The highest BCUT2D eigenvalue weighted by atomic mass is 32.2. The van der Waals surface area contributed by atoms with Gasteiger partial charge in [0, 0.05) is 11.9 Å². The molecule has 3 N–H and O–H groups in total. The van der Waals surface area contributed by atoms with Crippen LogP contribution in [0.5, 0.6) is 0 Å². The molecule has 0 aliphatic rings. The lowest BCUT2D eigenvalue weighted by Gasteiger charge is -2.29. The Morgan fingerprint density at radius 3 is 2.40 bits per heavy atom. The first-order valence-corrected chi connectivity index (χ1v) is 8.78. The number of hydrogen-bond acceptors (Lipinski definition) is 4. The first-order chi connectivity index (χ1) is 8.97. The van der Waals surface area contributed by atoms with Gasteiger partial charge in [-0.05, 0) is 23.8 Å². The van der Waals surface area contributed by atoms with Crippen LogP contribution in [-0.4, -0.2) is 20.9 Å². The lowest BCUT2D eigenvalue weighted by molar-refractivity contribution is 0.0924. The minimum absolute atomic E-state index is 0.0254. The molecule has 1 heterocycles. The third kappa shape index (κ3) is 3.80. The Morgan fingerprint density at radius 1 is 1.45 bits per heavy atom. The Hall–Kier alpha value is -0.920. The van der Waals surface area contributed by atoms with E-state index in [2.05, 4.69) is 33.0 Å². The summed E-state index contributed by atoms with van der Waals surface area (Å²) in [5.41, 5.74) is 0.762. The van der Waals surface area contributed by atoms with Crippen LogP contribution in [-0.2, 0) is 10.0 Å². The zero-order valence-electron chi connectivity index (χ0n) is 12.5. The first-order valence-electron chi connectivity index (χ1n) is 6.36. The maximum Gasteiger partial charge on any atom is 0.252 e. The van der Waals surface area contributed by atoms with Crippen LogP contribution in [0.15, 0.2) is 9.59 Å². The molecule has 5 nitrogen and oxygen atoms in total. The van der Waals surface area contributed by atoms with Crippen molar-refractivity contribution >= 4 is 27.3 Å². The number of carbonyl (C=O) groups is 1. The highest BCUT2D eigenvalue weighted by Crippen LogP contribution is 2.27. The van der Waals surface area contributed by atoms with Gasteiger partial charge in [-0.2, -0.15) is 0 Å². The normalized spacial score (nSPS) is 12.8. The largest absolute Gasteiger partial charge is 0.351 e. The van der Waals surface area contributed by atoms with Crippen molar-refractivity contribution in [1.29, 1.82) is 0 Å². The van der Waals surface area contributed by atoms with Crippen molar-refractivity contribution in [2.45, 2.75) is 38.8 Å². The van der Waals surface area contributed by atoms with Gasteiger partial charge in [0.05, 0.1) is 5.56 Å². The summed E-state index contributed by atoms with van der Waals surface area (Å²) in [5, 5.41) is 9.50. The summed E-state index contributed by atoms with van der Waals surface area (Å²) in [6.07, 6.45) is 0. The van der Waals surface area contributed by atoms with E-state index >= 15 is 0 Å². The molecule has 0 radical (unpaired) electrons. The molecule has 7 heteroatoms. The standard InChI is InChI=1S/C13H22N2O3S2/c1-8(2)13(4,5)7-15-11(16)10-6-19-12(9(10)3)20(14,17)18/h6,8H,7H2,1-5H3,(H,15,16)(H2,14,17,18). The van der Waals surface area contributed by atoms with Crippen molar-refractivity contribution in [2.24, 2.45) is 16.5 Å². The number of rotatable bonds is 5. The van der Waals surface area contributed by atoms with E-state index in [4.69, 9.17) is 5.14 Å². The topological polar surface area (TPSA) is 89.3 Å². The fraction of sp³-hybridized carbons (Fsp3) is 0.615. The molecule has 0 unspecified atom stereocenters. The average Bonchev–Trinajstić information content (AvgIpc) is 2.67. The minimum atomic E-state index is -3.76. The Balaban J connectivity index is 2.88. The number of carbonyl (C=O) groups excluding carboxylic acids is 1. The second-order valence-corrected chi connectivity index (χ2v) is 8.57. The van der Waals surface area contributed by atoms with E-state index in [9.17, 15) is 13.2 Å². The van der Waals surface area contributed by atoms with Crippen molar-refractivity contribution in [3.63, 3.8) is 0 Å². The van der Waals surface area contributed by atoms with E-state index in [1.54, 1.807) is 6.92 Å². The van der Waals surface area contributed by atoms with E-state index in [1.807, 2.05) is 0 Å². The van der Waals surface area contributed by atoms with E-state index < -0.39 is 10.0 Å². The van der Waals surface area contributed by atoms with Gasteiger partial charge >= 0.3 is 0 Å². The Morgan fingerprint density at radius 2 is 2.00 bits per heavy atom. The van der Waals surface area contributed by atoms with Crippen molar-refractivity contribution in [3.05, 3.63) is 16.5 Å². The molecule has 0 aliphatic carbocycles. The SMILES string of the molecule is Cc1c(C(=O)NCC(C)(C)C(C)C)csc1S(N)(=O)=O. The van der Waals surface area contributed by atoms with Crippen molar-refractivity contribution < 1.29 is 13.2 Å². The summed E-state index contributed by atoms with van der Waals surface area (Å²) in [5.74, 6) is 0.161. The van der Waals surface area contributed by atoms with Gasteiger partial charge < -0.3 is 5.32 Å². The van der Waals surface area contributed by atoms with Gasteiger partial charge in [-0.25, -0.2) is 13.6 Å². The summed E-state index contributed by atoms with van der Waals surface area (Å²) in [6.45, 7) is 10.5. The van der Waals surface area contributed by atoms with Gasteiger partial charge in [0.25, 0.3) is 5.91 Å². The van der Waals surface area contributed by atoms with Crippen LogP contribution in [0.25, 0.3) is 0 Å². The van der Waals surface area contributed by atoms with E-state index in [-0.39, 0.29) is 15.5 Å². The average molecular weight is 318 g/mol. The predicted octanol–water partition coefficient (Wildman–Crippen LogP) is 2.12. The molecule has 1 aromatic heterocycles. The molecule has 1 amide bonds. The monoisotopic (exact) mass is 318 g/mol. The second kappa shape index (κ2) is 5.83. The van der Waals surface area contributed by atoms with Crippen LogP contribution in [0.4, 0.5) is 0 Å². The number of thiophene rings is 1. The third-order valence-electron chi connectivity index (χ3n) is 3.76. The predicted molar refractivity (Wildman–Crippen MR) is 81.4 cm³/mol. The summed E-state index contributed by atoms with van der Waals surface area (Å²) < 4.78 is 22.8. The lowest BCUT2D eigenvalue weighted by Crippen LogP contribution is -2.37. The summed E-state index contributed by atoms with van der Waals surface area (Å²) in [6, 6.07) is 0. The van der Waals surface area contributed by atoms with Crippen LogP contribution in [0, 0.1) is 18.3 Å². The van der Waals surface area contributed by atoms with Crippen molar-refractivity contribution in [2.75, 3.05) is 6.54 Å². The van der Waals surface area contributed by atoms with Crippen LogP contribution >= 0.6 is 11.3 Å². The zero-order chi connectivity index (χ0) is 15.7. The highest BCUT2D eigenvalue weighted by molar-refractivity contribution is 7.91. The van der Waals surface area contributed by atoms with E-state index in [0.717, 1.165) is 11.3 Å². The fourth-order valence-electron chi connectivity index (χ4n) is 1.51. The van der Waals surface area contributed by atoms with Gasteiger partial charge in [0.15, 0.2) is 0 Å². The number of primary sulfonamides is 1. The summed E-state index contributed by atoms with van der Waals surface area (Å²) in [4.78, 5) is 12.1. The van der Waals surface area contributed by atoms with Gasteiger partial charge in [-0.3, -0.25) is 4.79 Å². The lowest BCUT2D eigenvalue weighted by atomic mass is 9.81. The molecule has 0 aliphatic heterocycles. The number of hydrogen-bond donors (Lipinski definition) is 2. The number of amides is 1.